The van der Waals surface area contributed by atoms with Gasteiger partial charge in [0.15, 0.2) is 0 Å². The molecule has 0 spiro atoms. The third kappa shape index (κ3) is 4.92. The van der Waals surface area contributed by atoms with Gasteiger partial charge in [-0.3, -0.25) is 4.79 Å². The monoisotopic (exact) mass is 323 g/mol. The largest absolute Gasteiger partial charge is 0.396 e. The lowest BCUT2D eigenvalue weighted by Crippen LogP contribution is -2.34. The number of rotatable bonds is 8. The summed E-state index contributed by atoms with van der Waals surface area (Å²) in [7, 11) is 0. The number of hydrogen-bond acceptors (Lipinski definition) is 6. The molecule has 0 radical (unpaired) electrons. The van der Waals surface area contributed by atoms with Gasteiger partial charge in [-0.15, -0.1) is 11.3 Å². The van der Waals surface area contributed by atoms with Gasteiger partial charge in [-0.1, -0.05) is 25.1 Å². The Labute approximate surface area is 133 Å². The average molecular weight is 323 g/mol. The first-order valence-corrected chi connectivity index (χ1v) is 8.12. The summed E-state index contributed by atoms with van der Waals surface area (Å²) in [6, 6.07) is 3.85. The summed E-state index contributed by atoms with van der Waals surface area (Å²) in [6.45, 7) is 4.68. The minimum Gasteiger partial charge on any atom is -0.396 e. The molecule has 6 nitrogen and oxygen atoms in total. The number of aliphatic hydroxyl groups is 1. The fourth-order valence-corrected chi connectivity index (χ4v) is 2.55. The van der Waals surface area contributed by atoms with E-state index in [1.54, 1.807) is 11.3 Å². The van der Waals surface area contributed by atoms with Crippen molar-refractivity contribution < 1.29 is 14.4 Å². The average Bonchev–Trinajstić information content (AvgIpc) is 3.13. The highest BCUT2D eigenvalue weighted by atomic mass is 32.1. The molecule has 0 unspecified atom stereocenters. The lowest BCUT2D eigenvalue weighted by Gasteiger charge is -2.23. The molecule has 7 heteroatoms. The number of nitrogens with zero attached hydrogens (tertiary/aromatic N) is 2. The van der Waals surface area contributed by atoms with Gasteiger partial charge in [-0.2, -0.15) is 4.98 Å². The Morgan fingerprint density at radius 2 is 2.32 bits per heavy atom. The summed E-state index contributed by atoms with van der Waals surface area (Å²) in [5.41, 5.74) is -0.110. The number of nitrogens with one attached hydrogen (secondary N) is 1. The molecule has 2 heterocycles. The predicted octanol–water partition coefficient (Wildman–Crippen LogP) is 2.26. The van der Waals surface area contributed by atoms with E-state index in [9.17, 15) is 4.79 Å². The van der Waals surface area contributed by atoms with E-state index in [0.29, 0.717) is 37.5 Å². The molecule has 120 valence electrons. The van der Waals surface area contributed by atoms with Gasteiger partial charge >= 0.3 is 0 Å². The molecular formula is C15H21N3O3S. The summed E-state index contributed by atoms with van der Waals surface area (Å²) < 4.78 is 5.16. The molecule has 0 aromatic carbocycles. The smallest absolute Gasteiger partial charge is 0.227 e. The van der Waals surface area contributed by atoms with Crippen LogP contribution in [0.2, 0.25) is 0 Å². The van der Waals surface area contributed by atoms with Crippen molar-refractivity contribution in [1.82, 2.24) is 15.5 Å². The summed E-state index contributed by atoms with van der Waals surface area (Å²) in [5, 5.41) is 17.7. The third-order valence-electron chi connectivity index (χ3n) is 3.33. The number of carbonyl (C=O) groups is 1. The molecule has 0 saturated heterocycles. The highest BCUT2D eigenvalue weighted by Crippen LogP contribution is 2.21. The molecule has 0 aliphatic heterocycles. The van der Waals surface area contributed by atoms with Crippen molar-refractivity contribution in [3.63, 3.8) is 0 Å². The van der Waals surface area contributed by atoms with Crippen LogP contribution in [-0.4, -0.2) is 34.3 Å². The topological polar surface area (TPSA) is 88.2 Å². The van der Waals surface area contributed by atoms with Crippen molar-refractivity contribution in [2.75, 3.05) is 13.2 Å². The van der Waals surface area contributed by atoms with Gasteiger partial charge in [0.25, 0.3) is 0 Å². The van der Waals surface area contributed by atoms with Crippen molar-refractivity contribution in [2.24, 2.45) is 5.41 Å². The van der Waals surface area contributed by atoms with Crippen molar-refractivity contribution in [3.8, 4) is 10.7 Å². The normalized spacial score (nSPS) is 11.6. The molecule has 2 aromatic heterocycles. The number of aliphatic hydroxyl groups excluding tert-OH is 1. The van der Waals surface area contributed by atoms with Gasteiger partial charge in [0.1, 0.15) is 0 Å². The van der Waals surface area contributed by atoms with Crippen molar-refractivity contribution in [2.45, 2.75) is 33.1 Å². The molecule has 22 heavy (non-hydrogen) atoms. The standard InChI is InChI=1S/C15H21N3O3S/c1-15(2,7-8-19)10-16-12(20)5-6-13-17-14(18-21-13)11-4-3-9-22-11/h3-4,9,19H,5-8,10H2,1-2H3,(H,16,20). The number of amides is 1. The molecule has 2 N–H and O–H groups in total. The highest BCUT2D eigenvalue weighted by Gasteiger charge is 2.18. The fraction of sp³-hybridized carbons (Fsp3) is 0.533. The van der Waals surface area contributed by atoms with Crippen LogP contribution in [-0.2, 0) is 11.2 Å². The van der Waals surface area contributed by atoms with Gasteiger partial charge in [-0.05, 0) is 23.3 Å². The summed E-state index contributed by atoms with van der Waals surface area (Å²) in [6.07, 6.45) is 1.38. The van der Waals surface area contributed by atoms with Crippen LogP contribution < -0.4 is 5.32 Å². The van der Waals surface area contributed by atoms with E-state index in [0.717, 1.165) is 4.88 Å². The molecule has 1 amide bonds. The minimum absolute atomic E-state index is 0.0538. The van der Waals surface area contributed by atoms with Gasteiger partial charge in [0.05, 0.1) is 4.88 Å². The Hall–Kier alpha value is -1.73. The van der Waals surface area contributed by atoms with E-state index in [1.807, 2.05) is 31.4 Å². The first kappa shape index (κ1) is 16.6. The van der Waals surface area contributed by atoms with Crippen LogP contribution in [0.1, 0.15) is 32.6 Å². The Morgan fingerprint density at radius 3 is 3.00 bits per heavy atom. The van der Waals surface area contributed by atoms with Gasteiger partial charge in [-0.25, -0.2) is 0 Å². The Balaban J connectivity index is 1.77. The van der Waals surface area contributed by atoms with Gasteiger partial charge in [0.2, 0.25) is 17.6 Å². The maximum Gasteiger partial charge on any atom is 0.227 e. The number of carbonyl (C=O) groups excluding carboxylic acids is 1. The van der Waals surface area contributed by atoms with E-state index >= 15 is 0 Å². The van der Waals surface area contributed by atoms with Crippen LogP contribution >= 0.6 is 11.3 Å². The Morgan fingerprint density at radius 1 is 1.50 bits per heavy atom. The third-order valence-corrected chi connectivity index (χ3v) is 4.19. The van der Waals surface area contributed by atoms with Gasteiger partial charge in [0, 0.05) is 26.0 Å². The van der Waals surface area contributed by atoms with E-state index in [-0.39, 0.29) is 17.9 Å². The molecule has 0 fully saturated rings. The van der Waals surface area contributed by atoms with E-state index in [4.69, 9.17) is 9.63 Å². The lowest BCUT2D eigenvalue weighted by molar-refractivity contribution is -0.121. The zero-order valence-electron chi connectivity index (χ0n) is 12.8. The molecule has 0 bridgehead atoms. The van der Waals surface area contributed by atoms with Crippen molar-refractivity contribution in [3.05, 3.63) is 23.4 Å². The first-order valence-electron chi connectivity index (χ1n) is 7.24. The zero-order chi connectivity index (χ0) is 16.0. The molecule has 0 aliphatic carbocycles. The van der Waals surface area contributed by atoms with Crippen LogP contribution in [0.3, 0.4) is 0 Å². The molecule has 0 saturated carbocycles. The zero-order valence-corrected chi connectivity index (χ0v) is 13.7. The van der Waals surface area contributed by atoms with E-state index in [1.165, 1.54) is 0 Å². The number of aromatic nitrogens is 2. The predicted molar refractivity (Wildman–Crippen MR) is 84.4 cm³/mol. The van der Waals surface area contributed by atoms with Crippen molar-refractivity contribution in [1.29, 1.82) is 0 Å². The first-order chi connectivity index (χ1) is 10.5. The minimum atomic E-state index is -0.110. The van der Waals surface area contributed by atoms with Crippen LogP contribution in [0.15, 0.2) is 22.0 Å². The lowest BCUT2D eigenvalue weighted by atomic mass is 9.90. The second-order valence-electron chi connectivity index (χ2n) is 5.90. The SMILES string of the molecule is CC(C)(CCO)CNC(=O)CCc1nc(-c2cccs2)no1. The number of thiophene rings is 1. The van der Waals surface area contributed by atoms with Crippen LogP contribution in [0.4, 0.5) is 0 Å². The van der Waals surface area contributed by atoms with Crippen molar-refractivity contribution >= 4 is 17.2 Å². The number of aryl methyl sites for hydroxylation is 1. The molecular weight excluding hydrogens is 302 g/mol. The molecule has 0 aliphatic rings. The van der Waals surface area contributed by atoms with Gasteiger partial charge < -0.3 is 14.9 Å². The molecule has 2 aromatic rings. The van der Waals surface area contributed by atoms with E-state index in [2.05, 4.69) is 15.5 Å². The quantitative estimate of drug-likeness (QED) is 0.778. The van der Waals surface area contributed by atoms with Crippen LogP contribution in [0.5, 0.6) is 0 Å². The van der Waals surface area contributed by atoms with Crippen LogP contribution in [0.25, 0.3) is 10.7 Å². The maximum atomic E-state index is 11.8. The second kappa shape index (κ2) is 7.51. The highest BCUT2D eigenvalue weighted by molar-refractivity contribution is 7.13. The Bertz CT molecular complexity index is 593. The Kier molecular flexibility index (Phi) is 5.68. The number of hydrogen-bond donors (Lipinski definition) is 2. The maximum absolute atomic E-state index is 11.8. The summed E-state index contributed by atoms with van der Waals surface area (Å²) in [5.74, 6) is 0.976. The molecule has 2 rings (SSSR count). The summed E-state index contributed by atoms with van der Waals surface area (Å²) in [4.78, 5) is 17.1. The van der Waals surface area contributed by atoms with Crippen LogP contribution in [0, 0.1) is 5.41 Å². The molecule has 0 atom stereocenters. The van der Waals surface area contributed by atoms with E-state index < -0.39 is 0 Å². The summed E-state index contributed by atoms with van der Waals surface area (Å²) >= 11 is 1.54. The fourth-order valence-electron chi connectivity index (χ4n) is 1.90. The second-order valence-corrected chi connectivity index (χ2v) is 6.85.